The molecule has 0 saturated heterocycles. The summed E-state index contributed by atoms with van der Waals surface area (Å²) < 4.78 is 7.45. The molecule has 1 amide bonds. The van der Waals surface area contributed by atoms with Gasteiger partial charge in [-0.2, -0.15) is 0 Å². The molecule has 0 fully saturated rings. The first kappa shape index (κ1) is 20.9. The highest BCUT2D eigenvalue weighted by Gasteiger charge is 2.26. The normalized spacial score (nSPS) is 12.0. The highest BCUT2D eigenvalue weighted by atomic mass is 32.2. The standard InChI is InChI=1S/C24H24N4O2S/c1-4-28-22(20-14-15-30-17(20)3)26-27-24(28)31-21(18-8-6-5-7-9-18)23(29)25-19-12-10-16(2)11-13-19/h5-15,21H,4H2,1-3H3,(H,25,29)/t21-/m0/s1. The predicted octanol–water partition coefficient (Wildman–Crippen LogP) is 5.65. The Kier molecular flexibility index (Phi) is 6.23. The lowest BCUT2D eigenvalue weighted by atomic mass is 10.1. The Balaban J connectivity index is 1.66. The zero-order valence-corrected chi connectivity index (χ0v) is 18.5. The molecule has 4 rings (SSSR count). The Morgan fingerprint density at radius 3 is 2.45 bits per heavy atom. The lowest BCUT2D eigenvalue weighted by molar-refractivity contribution is -0.115. The second-order valence-electron chi connectivity index (χ2n) is 7.20. The maximum Gasteiger partial charge on any atom is 0.242 e. The summed E-state index contributed by atoms with van der Waals surface area (Å²) in [5, 5.41) is 12.0. The summed E-state index contributed by atoms with van der Waals surface area (Å²) in [6.07, 6.45) is 1.65. The van der Waals surface area contributed by atoms with Crippen LogP contribution in [0.4, 0.5) is 5.69 Å². The van der Waals surface area contributed by atoms with Crippen LogP contribution in [0.1, 0.15) is 29.1 Å². The van der Waals surface area contributed by atoms with Crippen LogP contribution >= 0.6 is 11.8 Å². The van der Waals surface area contributed by atoms with Crippen molar-refractivity contribution in [2.75, 3.05) is 5.32 Å². The Morgan fingerprint density at radius 1 is 1.06 bits per heavy atom. The minimum absolute atomic E-state index is 0.105. The maximum atomic E-state index is 13.3. The van der Waals surface area contributed by atoms with Crippen molar-refractivity contribution >= 4 is 23.4 Å². The highest BCUT2D eigenvalue weighted by molar-refractivity contribution is 8.00. The molecule has 7 heteroatoms. The average Bonchev–Trinajstić information content (AvgIpc) is 3.39. The van der Waals surface area contributed by atoms with Crippen molar-refractivity contribution in [1.82, 2.24) is 14.8 Å². The number of carbonyl (C=O) groups is 1. The SMILES string of the molecule is CCn1c(S[C@H](C(=O)Nc2ccc(C)cc2)c2ccccc2)nnc1-c1ccoc1C. The van der Waals surface area contributed by atoms with Gasteiger partial charge in [0.15, 0.2) is 11.0 Å². The third-order valence-electron chi connectivity index (χ3n) is 5.02. The van der Waals surface area contributed by atoms with E-state index < -0.39 is 5.25 Å². The van der Waals surface area contributed by atoms with E-state index in [0.717, 1.165) is 34.0 Å². The van der Waals surface area contributed by atoms with Gasteiger partial charge in [-0.1, -0.05) is 59.8 Å². The monoisotopic (exact) mass is 432 g/mol. The molecule has 4 aromatic rings. The van der Waals surface area contributed by atoms with E-state index >= 15 is 0 Å². The van der Waals surface area contributed by atoms with E-state index in [4.69, 9.17) is 4.42 Å². The first-order valence-electron chi connectivity index (χ1n) is 10.1. The number of hydrogen-bond donors (Lipinski definition) is 1. The Labute approximate surface area is 185 Å². The summed E-state index contributed by atoms with van der Waals surface area (Å²) in [4.78, 5) is 13.3. The summed E-state index contributed by atoms with van der Waals surface area (Å²) in [5.41, 5.74) is 3.72. The molecule has 0 saturated carbocycles. The van der Waals surface area contributed by atoms with Crippen LogP contribution in [0, 0.1) is 13.8 Å². The zero-order valence-electron chi connectivity index (χ0n) is 17.7. The van der Waals surface area contributed by atoms with Crippen LogP contribution in [0.25, 0.3) is 11.4 Å². The second kappa shape index (κ2) is 9.22. The number of aromatic nitrogens is 3. The molecule has 0 aliphatic carbocycles. The number of anilines is 1. The minimum Gasteiger partial charge on any atom is -0.469 e. The molecule has 2 heterocycles. The fraction of sp³-hybridized carbons (Fsp3) is 0.208. The van der Waals surface area contributed by atoms with E-state index in [2.05, 4.69) is 15.5 Å². The quantitative estimate of drug-likeness (QED) is 0.382. The molecule has 0 bridgehead atoms. The highest BCUT2D eigenvalue weighted by Crippen LogP contribution is 2.37. The van der Waals surface area contributed by atoms with Gasteiger partial charge in [-0.15, -0.1) is 10.2 Å². The van der Waals surface area contributed by atoms with Crippen LogP contribution in [0.5, 0.6) is 0 Å². The molecule has 1 atom stereocenters. The largest absolute Gasteiger partial charge is 0.469 e. The van der Waals surface area contributed by atoms with Crippen LogP contribution in [-0.4, -0.2) is 20.7 Å². The molecule has 2 aromatic carbocycles. The van der Waals surface area contributed by atoms with Gasteiger partial charge in [0, 0.05) is 12.2 Å². The van der Waals surface area contributed by atoms with E-state index in [0.29, 0.717) is 11.7 Å². The Morgan fingerprint density at radius 2 is 1.81 bits per heavy atom. The molecular formula is C24H24N4O2S. The third kappa shape index (κ3) is 4.56. The predicted molar refractivity (Wildman–Crippen MR) is 123 cm³/mol. The van der Waals surface area contributed by atoms with Gasteiger partial charge in [0.2, 0.25) is 5.91 Å². The zero-order chi connectivity index (χ0) is 21.8. The number of carbonyl (C=O) groups excluding carboxylic acids is 1. The number of nitrogens with zero attached hydrogens (tertiary/aromatic N) is 3. The van der Waals surface area contributed by atoms with Crippen LogP contribution in [-0.2, 0) is 11.3 Å². The van der Waals surface area contributed by atoms with Gasteiger partial charge in [-0.05, 0) is 44.5 Å². The molecule has 0 radical (unpaired) electrons. The minimum atomic E-state index is -0.477. The average molecular weight is 433 g/mol. The van der Waals surface area contributed by atoms with Crippen molar-refractivity contribution in [3.63, 3.8) is 0 Å². The van der Waals surface area contributed by atoms with Gasteiger partial charge in [0.05, 0.1) is 11.8 Å². The molecule has 0 aliphatic heterocycles. The summed E-state index contributed by atoms with van der Waals surface area (Å²) in [6.45, 7) is 6.64. The molecule has 1 N–H and O–H groups in total. The fourth-order valence-electron chi connectivity index (χ4n) is 3.33. The summed E-state index contributed by atoms with van der Waals surface area (Å²) in [7, 11) is 0. The number of thioether (sulfide) groups is 1. The second-order valence-corrected chi connectivity index (χ2v) is 8.28. The van der Waals surface area contributed by atoms with Crippen molar-refractivity contribution < 1.29 is 9.21 Å². The third-order valence-corrected chi connectivity index (χ3v) is 6.25. The molecule has 2 aromatic heterocycles. The van der Waals surface area contributed by atoms with Gasteiger partial charge in [0.1, 0.15) is 11.0 Å². The molecule has 158 valence electrons. The smallest absolute Gasteiger partial charge is 0.242 e. The van der Waals surface area contributed by atoms with Gasteiger partial charge in [-0.3, -0.25) is 4.79 Å². The van der Waals surface area contributed by atoms with Crippen LogP contribution < -0.4 is 5.32 Å². The molecule has 31 heavy (non-hydrogen) atoms. The van der Waals surface area contributed by atoms with Crippen molar-refractivity contribution in [3.8, 4) is 11.4 Å². The number of nitrogens with one attached hydrogen (secondary N) is 1. The van der Waals surface area contributed by atoms with Gasteiger partial charge in [0.25, 0.3) is 0 Å². The summed E-state index contributed by atoms with van der Waals surface area (Å²) in [6, 6.07) is 19.4. The number of benzene rings is 2. The van der Waals surface area contributed by atoms with E-state index in [-0.39, 0.29) is 5.91 Å². The van der Waals surface area contributed by atoms with E-state index in [1.54, 1.807) is 6.26 Å². The summed E-state index contributed by atoms with van der Waals surface area (Å²) in [5.74, 6) is 1.42. The summed E-state index contributed by atoms with van der Waals surface area (Å²) >= 11 is 1.39. The van der Waals surface area contributed by atoms with Crippen molar-refractivity contribution in [2.45, 2.75) is 37.7 Å². The number of amides is 1. The first-order valence-corrected chi connectivity index (χ1v) is 11.0. The molecule has 6 nitrogen and oxygen atoms in total. The topological polar surface area (TPSA) is 73.0 Å². The van der Waals surface area contributed by atoms with E-state index in [9.17, 15) is 4.79 Å². The lowest BCUT2D eigenvalue weighted by Crippen LogP contribution is -2.19. The molecule has 0 spiro atoms. The molecule has 0 aliphatic rings. The van der Waals surface area contributed by atoms with E-state index in [1.165, 1.54) is 11.8 Å². The first-order chi connectivity index (χ1) is 15.1. The van der Waals surface area contributed by atoms with Crippen molar-refractivity contribution in [3.05, 3.63) is 83.8 Å². The van der Waals surface area contributed by atoms with Gasteiger partial charge in [-0.25, -0.2) is 0 Å². The lowest BCUT2D eigenvalue weighted by Gasteiger charge is -2.17. The molecule has 0 unspecified atom stereocenters. The van der Waals surface area contributed by atoms with Crippen LogP contribution in [0.15, 0.2) is 76.5 Å². The number of rotatable bonds is 7. The fourth-order valence-corrected chi connectivity index (χ4v) is 4.43. The Bertz CT molecular complexity index is 1170. The number of aryl methyl sites for hydroxylation is 2. The van der Waals surface area contributed by atoms with Crippen molar-refractivity contribution in [2.24, 2.45) is 0 Å². The van der Waals surface area contributed by atoms with Gasteiger partial charge >= 0.3 is 0 Å². The number of hydrogen-bond acceptors (Lipinski definition) is 5. The van der Waals surface area contributed by atoms with Crippen LogP contribution in [0.2, 0.25) is 0 Å². The maximum absolute atomic E-state index is 13.3. The molecular weight excluding hydrogens is 408 g/mol. The van der Waals surface area contributed by atoms with E-state index in [1.807, 2.05) is 86.0 Å². The van der Waals surface area contributed by atoms with Crippen molar-refractivity contribution in [1.29, 1.82) is 0 Å². The number of furan rings is 1. The Hall–Kier alpha value is -3.32. The van der Waals surface area contributed by atoms with Gasteiger partial charge < -0.3 is 14.3 Å². The van der Waals surface area contributed by atoms with Crippen LogP contribution in [0.3, 0.4) is 0 Å².